The number of anilines is 1. The summed E-state index contributed by atoms with van der Waals surface area (Å²) >= 11 is 5.86. The van der Waals surface area contributed by atoms with E-state index in [4.69, 9.17) is 16.3 Å². The molecule has 0 heterocycles. The molecule has 0 atom stereocenters. The van der Waals surface area contributed by atoms with Crippen molar-refractivity contribution in [3.63, 3.8) is 0 Å². The van der Waals surface area contributed by atoms with E-state index in [1.165, 1.54) is 24.3 Å². The Balaban J connectivity index is 2.04. The number of benzene rings is 2. The van der Waals surface area contributed by atoms with Gasteiger partial charge in [-0.15, -0.1) is 0 Å². The minimum absolute atomic E-state index is 0.0311. The molecule has 0 aliphatic heterocycles. The number of amides is 1. The van der Waals surface area contributed by atoms with Crippen molar-refractivity contribution >= 4 is 29.2 Å². The second-order valence-corrected chi connectivity index (χ2v) is 5.52. The average molecular weight is 350 g/mol. The quantitative estimate of drug-likeness (QED) is 0.608. The van der Waals surface area contributed by atoms with Gasteiger partial charge in [0.05, 0.1) is 22.8 Å². The Bertz CT molecular complexity index is 711. The van der Waals surface area contributed by atoms with Crippen molar-refractivity contribution in [2.45, 2.75) is 19.8 Å². The molecule has 2 aromatic carbocycles. The van der Waals surface area contributed by atoms with Crippen LogP contribution in [-0.4, -0.2) is 18.5 Å². The SMILES string of the molecule is CCCCOC(=O)c1ccc(NC(=O)c2c(F)cccc2Cl)cc1. The van der Waals surface area contributed by atoms with E-state index in [0.717, 1.165) is 18.9 Å². The lowest BCUT2D eigenvalue weighted by Crippen LogP contribution is -2.14. The van der Waals surface area contributed by atoms with Crippen LogP contribution in [0.25, 0.3) is 0 Å². The number of ether oxygens (including phenoxy) is 1. The van der Waals surface area contributed by atoms with Gasteiger partial charge in [-0.2, -0.15) is 0 Å². The summed E-state index contributed by atoms with van der Waals surface area (Å²) in [4.78, 5) is 23.9. The standard InChI is InChI=1S/C18H17ClFNO3/c1-2-3-11-24-18(23)12-7-9-13(10-8-12)21-17(22)16-14(19)5-4-6-15(16)20/h4-10H,2-3,11H2,1H3,(H,21,22). The van der Waals surface area contributed by atoms with Gasteiger partial charge in [0.15, 0.2) is 0 Å². The van der Waals surface area contributed by atoms with Crippen LogP contribution in [0.2, 0.25) is 5.02 Å². The number of unbranched alkanes of at least 4 members (excludes halogenated alkanes) is 1. The van der Waals surface area contributed by atoms with E-state index in [0.29, 0.717) is 17.9 Å². The predicted molar refractivity (Wildman–Crippen MR) is 91.0 cm³/mol. The fourth-order valence-electron chi connectivity index (χ4n) is 1.99. The minimum Gasteiger partial charge on any atom is -0.462 e. The van der Waals surface area contributed by atoms with Crippen molar-refractivity contribution in [3.05, 3.63) is 64.4 Å². The summed E-state index contributed by atoms with van der Waals surface area (Å²) < 4.78 is 18.8. The average Bonchev–Trinajstić information content (AvgIpc) is 2.55. The smallest absolute Gasteiger partial charge is 0.338 e. The zero-order valence-corrected chi connectivity index (χ0v) is 13.9. The molecule has 0 aliphatic rings. The Hall–Kier alpha value is -2.40. The van der Waals surface area contributed by atoms with Gasteiger partial charge in [-0.1, -0.05) is 31.0 Å². The number of carbonyl (C=O) groups excluding carboxylic acids is 2. The molecule has 0 aromatic heterocycles. The molecule has 0 saturated heterocycles. The van der Waals surface area contributed by atoms with Crippen LogP contribution in [0.15, 0.2) is 42.5 Å². The molecule has 4 nitrogen and oxygen atoms in total. The number of hydrogen-bond donors (Lipinski definition) is 1. The Labute approximate surface area is 144 Å². The first-order valence-electron chi connectivity index (χ1n) is 7.55. The zero-order chi connectivity index (χ0) is 17.5. The Morgan fingerprint density at radius 2 is 1.88 bits per heavy atom. The number of carbonyl (C=O) groups is 2. The number of halogens is 2. The van der Waals surface area contributed by atoms with Gasteiger partial charge in [0.25, 0.3) is 5.91 Å². The highest BCUT2D eigenvalue weighted by molar-refractivity contribution is 6.34. The summed E-state index contributed by atoms with van der Waals surface area (Å²) in [6.07, 6.45) is 1.75. The van der Waals surface area contributed by atoms with Crippen LogP contribution in [0.1, 0.15) is 40.5 Å². The monoisotopic (exact) mass is 349 g/mol. The van der Waals surface area contributed by atoms with Gasteiger partial charge in [0.2, 0.25) is 0 Å². The maximum absolute atomic E-state index is 13.7. The molecule has 0 fully saturated rings. The molecule has 6 heteroatoms. The lowest BCUT2D eigenvalue weighted by molar-refractivity contribution is 0.0499. The molecule has 2 aromatic rings. The number of rotatable bonds is 6. The first-order valence-corrected chi connectivity index (χ1v) is 7.93. The lowest BCUT2D eigenvalue weighted by Gasteiger charge is -2.08. The van der Waals surface area contributed by atoms with Gasteiger partial charge >= 0.3 is 5.97 Å². The largest absolute Gasteiger partial charge is 0.462 e. The van der Waals surface area contributed by atoms with E-state index in [2.05, 4.69) is 5.32 Å². The molecule has 0 radical (unpaired) electrons. The van der Waals surface area contributed by atoms with Gasteiger partial charge in [0.1, 0.15) is 5.82 Å². The van der Waals surface area contributed by atoms with Crippen molar-refractivity contribution in [3.8, 4) is 0 Å². The van der Waals surface area contributed by atoms with Crippen molar-refractivity contribution in [1.29, 1.82) is 0 Å². The normalized spacial score (nSPS) is 10.3. The predicted octanol–water partition coefficient (Wildman–Crippen LogP) is 4.69. The maximum Gasteiger partial charge on any atom is 0.338 e. The van der Waals surface area contributed by atoms with E-state index in [1.807, 2.05) is 6.92 Å². The molecule has 0 saturated carbocycles. The van der Waals surface area contributed by atoms with E-state index >= 15 is 0 Å². The van der Waals surface area contributed by atoms with E-state index in [1.54, 1.807) is 12.1 Å². The third kappa shape index (κ3) is 4.55. The summed E-state index contributed by atoms with van der Waals surface area (Å²) in [5.74, 6) is -1.77. The van der Waals surface area contributed by atoms with Crippen molar-refractivity contribution in [1.82, 2.24) is 0 Å². The van der Waals surface area contributed by atoms with Gasteiger partial charge in [-0.05, 0) is 42.8 Å². The van der Waals surface area contributed by atoms with Crippen LogP contribution in [0.5, 0.6) is 0 Å². The van der Waals surface area contributed by atoms with Gasteiger partial charge in [-0.3, -0.25) is 4.79 Å². The summed E-state index contributed by atoms with van der Waals surface area (Å²) in [6.45, 7) is 2.38. The van der Waals surface area contributed by atoms with E-state index in [-0.39, 0.29) is 10.6 Å². The van der Waals surface area contributed by atoms with Gasteiger partial charge in [-0.25, -0.2) is 9.18 Å². The molecule has 0 aliphatic carbocycles. The van der Waals surface area contributed by atoms with Gasteiger partial charge < -0.3 is 10.1 Å². The number of hydrogen-bond acceptors (Lipinski definition) is 3. The van der Waals surface area contributed by atoms with Crippen LogP contribution < -0.4 is 5.32 Å². The molecule has 24 heavy (non-hydrogen) atoms. The van der Waals surface area contributed by atoms with Crippen LogP contribution in [-0.2, 0) is 4.74 Å². The van der Waals surface area contributed by atoms with Crippen LogP contribution in [0.3, 0.4) is 0 Å². The summed E-state index contributed by atoms with van der Waals surface area (Å²) in [6, 6.07) is 10.2. The summed E-state index contributed by atoms with van der Waals surface area (Å²) in [5.41, 5.74) is 0.583. The molecule has 2 rings (SSSR count). The Morgan fingerprint density at radius 1 is 1.17 bits per heavy atom. The molecule has 0 bridgehead atoms. The van der Waals surface area contributed by atoms with Crippen LogP contribution in [0, 0.1) is 5.82 Å². The third-order valence-corrected chi connectivity index (χ3v) is 3.61. The highest BCUT2D eigenvalue weighted by atomic mass is 35.5. The highest BCUT2D eigenvalue weighted by Gasteiger charge is 2.16. The van der Waals surface area contributed by atoms with Crippen molar-refractivity contribution in [2.24, 2.45) is 0 Å². The first kappa shape index (κ1) is 17.9. The molecule has 1 amide bonds. The molecular formula is C18H17ClFNO3. The summed E-state index contributed by atoms with van der Waals surface area (Å²) in [7, 11) is 0. The van der Waals surface area contributed by atoms with Crippen molar-refractivity contribution in [2.75, 3.05) is 11.9 Å². The van der Waals surface area contributed by atoms with E-state index in [9.17, 15) is 14.0 Å². The van der Waals surface area contributed by atoms with Crippen LogP contribution in [0.4, 0.5) is 10.1 Å². The second-order valence-electron chi connectivity index (χ2n) is 5.12. The number of nitrogens with one attached hydrogen (secondary N) is 1. The molecule has 0 unspecified atom stereocenters. The lowest BCUT2D eigenvalue weighted by atomic mass is 10.1. The zero-order valence-electron chi connectivity index (χ0n) is 13.1. The molecule has 126 valence electrons. The van der Waals surface area contributed by atoms with Gasteiger partial charge in [0, 0.05) is 5.69 Å². The number of esters is 1. The van der Waals surface area contributed by atoms with Crippen LogP contribution >= 0.6 is 11.6 Å². The third-order valence-electron chi connectivity index (χ3n) is 3.30. The van der Waals surface area contributed by atoms with Crippen molar-refractivity contribution < 1.29 is 18.7 Å². The fraction of sp³-hybridized carbons (Fsp3) is 0.222. The Kier molecular flexibility index (Phi) is 6.32. The molecule has 0 spiro atoms. The minimum atomic E-state index is -0.698. The topological polar surface area (TPSA) is 55.4 Å². The molecule has 1 N–H and O–H groups in total. The molecular weight excluding hydrogens is 333 g/mol. The highest BCUT2D eigenvalue weighted by Crippen LogP contribution is 2.21. The fourth-order valence-corrected chi connectivity index (χ4v) is 2.24. The second kappa shape index (κ2) is 8.45. The first-order chi connectivity index (χ1) is 11.5. The summed E-state index contributed by atoms with van der Waals surface area (Å²) in [5, 5.41) is 2.57. The van der Waals surface area contributed by atoms with E-state index < -0.39 is 17.7 Å². The Morgan fingerprint density at radius 3 is 2.50 bits per heavy atom. The maximum atomic E-state index is 13.7.